The highest BCUT2D eigenvalue weighted by atomic mass is 32.2. The molecule has 0 unspecified atom stereocenters. The number of aryl methyl sites for hydroxylation is 2. The standard InChI is InChI=1S/C20H19F2N3O3S/c1-13-11-14(2)25(24-13)12-15-7-9-16(10-8-15)19(26)23-17-5-3-4-6-18(17)29(27,28)20(21)22/h3-11,20H,12H2,1-2H3,(H,23,26). The van der Waals surface area contributed by atoms with Crippen LogP contribution in [0.2, 0.25) is 0 Å². The van der Waals surface area contributed by atoms with Crippen molar-refractivity contribution < 1.29 is 22.0 Å². The van der Waals surface area contributed by atoms with E-state index in [4.69, 9.17) is 0 Å². The van der Waals surface area contributed by atoms with Gasteiger partial charge in [-0.15, -0.1) is 0 Å². The van der Waals surface area contributed by atoms with Gasteiger partial charge >= 0.3 is 5.76 Å². The Bertz CT molecular complexity index is 1140. The summed E-state index contributed by atoms with van der Waals surface area (Å²) in [6, 6.07) is 13.7. The number of rotatable bonds is 6. The van der Waals surface area contributed by atoms with E-state index in [1.807, 2.05) is 24.6 Å². The molecule has 0 aliphatic rings. The van der Waals surface area contributed by atoms with Gasteiger partial charge in [0.2, 0.25) is 9.84 Å². The zero-order chi connectivity index (χ0) is 21.2. The van der Waals surface area contributed by atoms with Crippen LogP contribution >= 0.6 is 0 Å². The first kappa shape index (κ1) is 20.7. The van der Waals surface area contributed by atoms with Crippen molar-refractivity contribution in [3.8, 4) is 0 Å². The number of anilines is 1. The molecule has 2 aromatic carbocycles. The van der Waals surface area contributed by atoms with Crippen molar-refractivity contribution in [2.24, 2.45) is 0 Å². The SMILES string of the molecule is Cc1cc(C)n(Cc2ccc(C(=O)Nc3ccccc3S(=O)(=O)C(F)F)cc2)n1. The maximum atomic E-state index is 12.9. The van der Waals surface area contributed by atoms with Crippen LogP contribution in [0.1, 0.15) is 27.3 Å². The lowest BCUT2D eigenvalue weighted by atomic mass is 10.1. The summed E-state index contributed by atoms with van der Waals surface area (Å²) in [5, 5.41) is 6.79. The van der Waals surface area contributed by atoms with Gasteiger partial charge < -0.3 is 5.32 Å². The van der Waals surface area contributed by atoms with Crippen LogP contribution in [0.4, 0.5) is 14.5 Å². The van der Waals surface area contributed by atoms with Gasteiger partial charge in [-0.05, 0) is 49.7 Å². The molecule has 0 saturated heterocycles. The number of amides is 1. The summed E-state index contributed by atoms with van der Waals surface area (Å²) in [5.74, 6) is -4.17. The molecule has 0 spiro atoms. The van der Waals surface area contributed by atoms with Crippen molar-refractivity contribution in [1.29, 1.82) is 0 Å². The summed E-state index contributed by atoms with van der Waals surface area (Å²) < 4.78 is 51.2. The molecule has 29 heavy (non-hydrogen) atoms. The number of carbonyl (C=O) groups excluding carboxylic acids is 1. The summed E-state index contributed by atoms with van der Waals surface area (Å²) in [6.07, 6.45) is 0. The van der Waals surface area contributed by atoms with Crippen LogP contribution < -0.4 is 5.32 Å². The van der Waals surface area contributed by atoms with E-state index in [0.717, 1.165) is 23.0 Å². The quantitative estimate of drug-likeness (QED) is 0.659. The fourth-order valence-electron chi connectivity index (χ4n) is 2.88. The van der Waals surface area contributed by atoms with Crippen LogP contribution in [0.15, 0.2) is 59.5 Å². The number of sulfone groups is 1. The highest BCUT2D eigenvalue weighted by Crippen LogP contribution is 2.26. The van der Waals surface area contributed by atoms with Gasteiger partial charge in [-0.25, -0.2) is 8.42 Å². The molecule has 0 aliphatic carbocycles. The minimum absolute atomic E-state index is 0.190. The minimum Gasteiger partial charge on any atom is -0.321 e. The summed E-state index contributed by atoms with van der Waals surface area (Å²) in [7, 11) is -4.84. The Hall–Kier alpha value is -3.07. The molecule has 1 N–H and O–H groups in total. The Morgan fingerprint density at radius 1 is 1.10 bits per heavy atom. The predicted octanol–water partition coefficient (Wildman–Crippen LogP) is 3.80. The Labute approximate surface area is 167 Å². The molecule has 152 valence electrons. The van der Waals surface area contributed by atoms with Gasteiger partial charge in [0.25, 0.3) is 5.91 Å². The first-order valence-corrected chi connectivity index (χ1v) is 10.3. The molecule has 1 heterocycles. The second-order valence-corrected chi connectivity index (χ2v) is 8.42. The zero-order valence-electron chi connectivity index (χ0n) is 15.8. The van der Waals surface area contributed by atoms with Crippen LogP contribution in [0, 0.1) is 13.8 Å². The van der Waals surface area contributed by atoms with Crippen molar-refractivity contribution in [3.63, 3.8) is 0 Å². The first-order valence-electron chi connectivity index (χ1n) is 8.71. The van der Waals surface area contributed by atoms with Gasteiger partial charge in [0, 0.05) is 11.3 Å². The third-order valence-corrected chi connectivity index (χ3v) is 5.77. The van der Waals surface area contributed by atoms with Crippen LogP contribution in [0.25, 0.3) is 0 Å². The Morgan fingerprint density at radius 3 is 2.34 bits per heavy atom. The Morgan fingerprint density at radius 2 is 1.76 bits per heavy atom. The van der Waals surface area contributed by atoms with Crippen LogP contribution in [-0.2, 0) is 16.4 Å². The van der Waals surface area contributed by atoms with Crippen LogP contribution in [-0.4, -0.2) is 29.9 Å². The highest BCUT2D eigenvalue weighted by Gasteiger charge is 2.29. The average molecular weight is 419 g/mol. The normalized spacial score (nSPS) is 11.6. The minimum atomic E-state index is -4.84. The smallest absolute Gasteiger partial charge is 0.321 e. The molecule has 0 saturated carbocycles. The van der Waals surface area contributed by atoms with Crippen molar-refractivity contribution in [2.75, 3.05) is 5.32 Å². The van der Waals surface area contributed by atoms with Gasteiger partial charge in [-0.2, -0.15) is 13.9 Å². The fourth-order valence-corrected chi connectivity index (χ4v) is 3.76. The molecule has 9 heteroatoms. The van der Waals surface area contributed by atoms with E-state index < -0.39 is 26.4 Å². The third kappa shape index (κ3) is 4.51. The maximum absolute atomic E-state index is 12.9. The molecule has 0 atom stereocenters. The summed E-state index contributed by atoms with van der Waals surface area (Å²) in [6.45, 7) is 4.40. The number of benzene rings is 2. The molecule has 0 bridgehead atoms. The summed E-state index contributed by atoms with van der Waals surface area (Å²) in [4.78, 5) is 11.9. The molecular formula is C20H19F2N3O3S. The lowest BCUT2D eigenvalue weighted by molar-refractivity contribution is 0.102. The molecule has 3 aromatic rings. The van der Waals surface area contributed by atoms with E-state index in [-0.39, 0.29) is 11.3 Å². The maximum Gasteiger partial charge on any atom is 0.341 e. The van der Waals surface area contributed by atoms with E-state index in [9.17, 15) is 22.0 Å². The van der Waals surface area contributed by atoms with E-state index in [1.165, 1.54) is 18.2 Å². The molecule has 0 fully saturated rings. The van der Waals surface area contributed by atoms with Gasteiger partial charge in [0.05, 0.1) is 22.8 Å². The number of para-hydroxylation sites is 1. The van der Waals surface area contributed by atoms with E-state index in [1.54, 1.807) is 24.3 Å². The molecule has 6 nitrogen and oxygen atoms in total. The number of alkyl halides is 2. The topological polar surface area (TPSA) is 81.1 Å². The van der Waals surface area contributed by atoms with Crippen molar-refractivity contribution >= 4 is 21.4 Å². The Balaban J connectivity index is 1.78. The van der Waals surface area contributed by atoms with Gasteiger partial charge in [-0.3, -0.25) is 9.48 Å². The second-order valence-electron chi connectivity index (χ2n) is 6.54. The van der Waals surface area contributed by atoms with Crippen molar-refractivity contribution in [1.82, 2.24) is 9.78 Å². The van der Waals surface area contributed by atoms with Gasteiger partial charge in [-0.1, -0.05) is 24.3 Å². The number of aromatic nitrogens is 2. The molecule has 0 aliphatic heterocycles. The van der Waals surface area contributed by atoms with Gasteiger partial charge in [0.15, 0.2) is 0 Å². The lowest BCUT2D eigenvalue weighted by Gasteiger charge is -2.11. The molecule has 1 amide bonds. The van der Waals surface area contributed by atoms with Crippen LogP contribution in [0.5, 0.6) is 0 Å². The van der Waals surface area contributed by atoms with E-state index in [0.29, 0.717) is 6.54 Å². The number of carbonyl (C=O) groups is 1. The monoisotopic (exact) mass is 419 g/mol. The summed E-state index contributed by atoms with van der Waals surface area (Å²) >= 11 is 0. The highest BCUT2D eigenvalue weighted by molar-refractivity contribution is 7.91. The molecule has 3 rings (SSSR count). The molecular weight excluding hydrogens is 400 g/mol. The Kier molecular flexibility index (Phi) is 5.78. The summed E-state index contributed by atoms with van der Waals surface area (Å²) in [5.41, 5.74) is 2.93. The number of halogens is 2. The zero-order valence-corrected chi connectivity index (χ0v) is 16.6. The van der Waals surface area contributed by atoms with Crippen molar-refractivity contribution in [2.45, 2.75) is 31.0 Å². The largest absolute Gasteiger partial charge is 0.341 e. The van der Waals surface area contributed by atoms with Gasteiger partial charge in [0.1, 0.15) is 0 Å². The lowest BCUT2D eigenvalue weighted by Crippen LogP contribution is -2.18. The second kappa shape index (κ2) is 8.12. The molecule has 0 radical (unpaired) electrons. The predicted molar refractivity (Wildman–Crippen MR) is 105 cm³/mol. The van der Waals surface area contributed by atoms with Crippen LogP contribution in [0.3, 0.4) is 0 Å². The number of nitrogens with zero attached hydrogens (tertiary/aromatic N) is 2. The number of hydrogen-bond donors (Lipinski definition) is 1. The fraction of sp³-hybridized carbons (Fsp3) is 0.200. The molecule has 1 aromatic heterocycles. The number of hydrogen-bond acceptors (Lipinski definition) is 4. The number of nitrogens with one attached hydrogen (secondary N) is 1. The van der Waals surface area contributed by atoms with E-state index in [2.05, 4.69) is 10.4 Å². The average Bonchev–Trinajstić information content (AvgIpc) is 2.99. The first-order chi connectivity index (χ1) is 13.7. The van der Waals surface area contributed by atoms with E-state index >= 15 is 0 Å². The van der Waals surface area contributed by atoms with Crippen molar-refractivity contribution in [3.05, 3.63) is 77.1 Å². The third-order valence-electron chi connectivity index (χ3n) is 4.33.